The second-order valence-corrected chi connectivity index (χ2v) is 28.9. The van der Waals surface area contributed by atoms with Crippen molar-refractivity contribution in [3.8, 4) is 23.0 Å². The van der Waals surface area contributed by atoms with Gasteiger partial charge in [0.05, 0.1) is 35.1 Å². The lowest BCUT2D eigenvalue weighted by Crippen LogP contribution is -2.49. The van der Waals surface area contributed by atoms with Gasteiger partial charge in [0.1, 0.15) is 12.2 Å². The monoisotopic (exact) mass is 1150 g/mol. The number of benzene rings is 2. The fourth-order valence-corrected chi connectivity index (χ4v) is 15.8. The zero-order valence-corrected chi connectivity index (χ0v) is 50.3. The molecule has 2 fully saturated rings. The quantitative estimate of drug-likeness (QED) is 0.0810. The van der Waals surface area contributed by atoms with Gasteiger partial charge in [0, 0.05) is 35.4 Å². The second-order valence-electron chi connectivity index (χ2n) is 25.7. The van der Waals surface area contributed by atoms with E-state index in [1.807, 2.05) is 41.5 Å². The Morgan fingerprint density at radius 3 is 1.30 bits per heavy atom. The first-order valence-electron chi connectivity index (χ1n) is 29.1. The summed E-state index contributed by atoms with van der Waals surface area (Å²) in [6.45, 7) is 22.5. The molecule has 6 heterocycles. The van der Waals surface area contributed by atoms with E-state index in [1.54, 1.807) is 27.7 Å². The van der Waals surface area contributed by atoms with Crippen LogP contribution in [0.3, 0.4) is 0 Å². The van der Waals surface area contributed by atoms with Crippen molar-refractivity contribution in [3.63, 3.8) is 0 Å². The molecule has 18 heteroatoms. The van der Waals surface area contributed by atoms with Crippen LogP contribution in [0.2, 0.25) is 0 Å². The Balaban J connectivity index is 0.000000194. The smallest absolute Gasteiger partial charge is 0.339 e. The van der Waals surface area contributed by atoms with Crippen molar-refractivity contribution in [2.45, 2.75) is 227 Å². The van der Waals surface area contributed by atoms with Gasteiger partial charge in [0.2, 0.25) is 13.6 Å². The fourth-order valence-electron chi connectivity index (χ4n) is 14.1. The van der Waals surface area contributed by atoms with E-state index in [-0.39, 0.29) is 82.9 Å². The molecule has 0 radical (unpaired) electrons. The molecule has 2 aliphatic carbocycles. The first kappa shape index (κ1) is 60.5. The van der Waals surface area contributed by atoms with E-state index in [1.165, 1.54) is 0 Å². The van der Waals surface area contributed by atoms with Crippen LogP contribution < -0.4 is 18.9 Å². The van der Waals surface area contributed by atoms with Crippen molar-refractivity contribution < 1.29 is 68.0 Å². The zero-order valence-electron chi connectivity index (χ0n) is 48.7. The molecule has 0 bridgehead atoms. The molecule has 0 aromatic heterocycles. The minimum atomic E-state index is -1.97. The van der Waals surface area contributed by atoms with Crippen LogP contribution in [0, 0.1) is 0 Å². The second kappa shape index (κ2) is 23.5. The zero-order chi connectivity index (χ0) is 57.7. The lowest BCUT2D eigenvalue weighted by atomic mass is 9.77. The summed E-state index contributed by atoms with van der Waals surface area (Å²) >= 11 is 2.23. The van der Waals surface area contributed by atoms with Crippen LogP contribution in [0.15, 0.2) is 47.6 Å². The Bertz CT molecular complexity index is 2570. The highest BCUT2D eigenvalue weighted by atomic mass is 32.2. The van der Waals surface area contributed by atoms with Crippen LogP contribution in [0.5, 0.6) is 23.0 Å². The van der Waals surface area contributed by atoms with Crippen LogP contribution in [0.1, 0.15) is 180 Å². The van der Waals surface area contributed by atoms with Crippen LogP contribution >= 0.6 is 23.5 Å². The van der Waals surface area contributed by atoms with Gasteiger partial charge in [-0.3, -0.25) is 19.4 Å². The number of esters is 2. The number of nitrogens with zero attached hydrogens (tertiary/aromatic N) is 2. The summed E-state index contributed by atoms with van der Waals surface area (Å²) in [6.07, 6.45) is 10.1. The molecule has 8 atom stereocenters. The van der Waals surface area contributed by atoms with Crippen LogP contribution in [0.25, 0.3) is 0 Å². The van der Waals surface area contributed by atoms with Crippen molar-refractivity contribution in [3.05, 3.63) is 69.8 Å². The van der Waals surface area contributed by atoms with Gasteiger partial charge < -0.3 is 48.8 Å². The van der Waals surface area contributed by atoms with Gasteiger partial charge in [0.25, 0.3) is 0 Å². The number of fused-ring (bicyclic) bond motifs is 6. The summed E-state index contributed by atoms with van der Waals surface area (Å²) < 4.78 is 35.4. The van der Waals surface area contributed by atoms with Crippen molar-refractivity contribution in [1.82, 2.24) is 9.80 Å². The number of carbonyl (C=O) groups is 4. The van der Waals surface area contributed by atoms with Crippen molar-refractivity contribution in [2.75, 3.05) is 39.8 Å². The first-order valence-corrected chi connectivity index (χ1v) is 30.8. The molecule has 2 spiro atoms. The molecule has 5 unspecified atom stereocenters. The average Bonchev–Trinajstić information content (AvgIpc) is 4.41. The third kappa shape index (κ3) is 12.7. The van der Waals surface area contributed by atoms with Crippen LogP contribution in [-0.2, 0) is 41.5 Å². The van der Waals surface area contributed by atoms with E-state index < -0.39 is 46.6 Å². The topological polar surface area (TPSA) is 211 Å². The molecule has 0 saturated carbocycles. The molecule has 80 heavy (non-hydrogen) atoms. The van der Waals surface area contributed by atoms with Gasteiger partial charge in [0.15, 0.2) is 44.4 Å². The molecule has 8 aliphatic rings. The Hall–Kier alpha value is -4.14. The molecule has 2 aromatic carbocycles. The minimum absolute atomic E-state index is 0.0346. The molecule has 2 aromatic rings. The van der Waals surface area contributed by atoms with Gasteiger partial charge in [-0.05, 0) is 189 Å². The van der Waals surface area contributed by atoms with Gasteiger partial charge in [-0.1, -0.05) is 63.4 Å². The predicted molar refractivity (Wildman–Crippen MR) is 307 cm³/mol. The Morgan fingerprint density at radius 2 is 0.950 bits per heavy atom. The van der Waals surface area contributed by atoms with Crippen LogP contribution in [0.4, 0.5) is 0 Å². The number of carbonyl (C=O) groups excluding carboxylic acids is 4. The lowest BCUT2D eigenvalue weighted by Gasteiger charge is -2.40. The molecule has 4 N–H and O–H groups in total. The number of aliphatic hydroxyl groups is 4. The van der Waals surface area contributed by atoms with Gasteiger partial charge >= 0.3 is 11.9 Å². The summed E-state index contributed by atoms with van der Waals surface area (Å²) in [4.78, 5) is 58.5. The summed E-state index contributed by atoms with van der Waals surface area (Å²) in [5, 5.41) is 43.4. The Labute approximate surface area is 481 Å². The maximum atomic E-state index is 13.9. The van der Waals surface area contributed by atoms with E-state index >= 15 is 0 Å². The van der Waals surface area contributed by atoms with E-state index in [4.69, 9.17) is 28.4 Å². The molecule has 2 saturated heterocycles. The third-order valence-electron chi connectivity index (χ3n) is 17.6. The average molecular weight is 1150 g/mol. The molecule has 16 nitrogen and oxygen atoms in total. The van der Waals surface area contributed by atoms with E-state index in [0.29, 0.717) is 37.2 Å². The number of hydrogen-bond acceptors (Lipinski definition) is 18. The van der Waals surface area contributed by atoms with Crippen LogP contribution in [-0.4, -0.2) is 148 Å². The number of thioether (sulfide) groups is 2. The summed E-state index contributed by atoms with van der Waals surface area (Å²) in [6, 6.07) is 8.23. The fraction of sp³-hybridized carbons (Fsp3) is 0.677. The highest BCUT2D eigenvalue weighted by molar-refractivity contribution is 8.14. The molecule has 0 amide bonds. The Morgan fingerprint density at radius 1 is 0.588 bits per heavy atom. The van der Waals surface area contributed by atoms with Crippen molar-refractivity contribution >= 4 is 45.7 Å². The summed E-state index contributed by atoms with van der Waals surface area (Å²) in [7, 11) is 0. The van der Waals surface area contributed by atoms with E-state index in [2.05, 4.69) is 46.2 Å². The lowest BCUT2D eigenvalue weighted by molar-refractivity contribution is -0.173. The molecular formula is C62H86N2O14S2. The molecular weight excluding hydrogens is 1060 g/mol. The van der Waals surface area contributed by atoms with E-state index in [0.717, 1.165) is 133 Å². The maximum absolute atomic E-state index is 13.9. The standard InChI is InChI=1S/2C31H43NO7S/c2*1-19(2)40-25(33)17-31(36,11-6-9-29(4,5)35)28(34)39-27-20(3)16-30-10-7-12-32(30)13-8-21-14-23-24(38-18-37-23)15-22(21)26(27)30/h2*14-16,19,26-27,35-36H,6-13,17-18H2,1-5H3/t26?,27-,30?,31?;26?,27-,30?,31+/m00/s1. The van der Waals surface area contributed by atoms with Gasteiger partial charge in [-0.15, -0.1) is 0 Å². The number of rotatable bonds is 18. The summed E-state index contributed by atoms with van der Waals surface area (Å²) in [5.74, 6) is 1.03. The minimum Gasteiger partial charge on any atom is -0.455 e. The first-order chi connectivity index (χ1) is 37.6. The molecule has 10 rings (SSSR count). The largest absolute Gasteiger partial charge is 0.455 e. The number of hydrogen-bond donors (Lipinski definition) is 4. The SMILES string of the molecule is CC1=CC23CCCN2CCc2cc4c(cc2C3[C@H]1OC(=O)C(O)(CCCC(C)(C)O)CC(=O)SC(C)C)OCO4.CC1=CC23CCCN2CCc2cc4c(cc2C3[C@H]1OC(=O)[C@@](O)(CCCC(C)(C)O)CC(=O)SC(C)C)OCO4. The maximum Gasteiger partial charge on any atom is 0.339 e. The highest BCUT2D eigenvalue weighted by Crippen LogP contribution is 2.57. The van der Waals surface area contributed by atoms with E-state index in [9.17, 15) is 39.6 Å². The van der Waals surface area contributed by atoms with Gasteiger partial charge in [-0.25, -0.2) is 9.59 Å². The van der Waals surface area contributed by atoms with Crippen molar-refractivity contribution in [1.29, 1.82) is 0 Å². The summed E-state index contributed by atoms with van der Waals surface area (Å²) in [5.41, 5.74) is 0.0276. The van der Waals surface area contributed by atoms with Gasteiger partial charge in [-0.2, -0.15) is 0 Å². The van der Waals surface area contributed by atoms with Crippen molar-refractivity contribution in [2.24, 2.45) is 0 Å². The number of ether oxygens (including phenoxy) is 6. The normalized spacial score (nSPS) is 26.9. The Kier molecular flexibility index (Phi) is 17.7. The molecule has 6 aliphatic heterocycles. The predicted octanol–water partition coefficient (Wildman–Crippen LogP) is 8.98. The third-order valence-corrected chi connectivity index (χ3v) is 19.3. The highest BCUT2D eigenvalue weighted by Gasteiger charge is 2.59. The molecule has 440 valence electrons.